The van der Waals surface area contributed by atoms with Crippen LogP contribution in [0.5, 0.6) is 17.2 Å². The molecule has 9 heteroatoms. The summed E-state index contributed by atoms with van der Waals surface area (Å²) < 4.78 is 16.8. The second-order valence-corrected chi connectivity index (χ2v) is 7.28. The highest BCUT2D eigenvalue weighted by Crippen LogP contribution is 2.43. The van der Waals surface area contributed by atoms with Crippen LogP contribution in [0.15, 0.2) is 42.5 Å². The number of benzene rings is 2. The fraction of sp³-hybridized carbons (Fsp3) is 0.381. The normalized spacial score (nSPS) is 31.0. The van der Waals surface area contributed by atoms with Crippen molar-refractivity contribution in [1.82, 2.24) is 0 Å². The molecule has 0 bridgehead atoms. The highest BCUT2D eigenvalue weighted by molar-refractivity contribution is 6.02. The van der Waals surface area contributed by atoms with Gasteiger partial charge in [-0.2, -0.15) is 0 Å². The van der Waals surface area contributed by atoms with Crippen LogP contribution in [0.2, 0.25) is 0 Å². The van der Waals surface area contributed by atoms with Crippen LogP contribution in [0.1, 0.15) is 28.4 Å². The molecule has 0 saturated carbocycles. The van der Waals surface area contributed by atoms with E-state index < -0.39 is 43.4 Å². The average Bonchev–Trinajstić information content (AvgIpc) is 2.74. The molecule has 1 fully saturated rings. The van der Waals surface area contributed by atoms with E-state index in [0.717, 1.165) is 5.56 Å². The molecule has 0 radical (unpaired) electrons. The number of aliphatic hydroxyl groups is 4. The molecule has 2 aliphatic rings. The van der Waals surface area contributed by atoms with Crippen molar-refractivity contribution in [2.75, 3.05) is 6.61 Å². The van der Waals surface area contributed by atoms with Gasteiger partial charge in [0.2, 0.25) is 6.29 Å². The monoisotopic (exact) mass is 418 g/mol. The number of rotatable bonds is 4. The molecule has 4 rings (SSSR count). The summed E-state index contributed by atoms with van der Waals surface area (Å²) in [5.74, 6) is -0.537. The fourth-order valence-corrected chi connectivity index (χ4v) is 3.65. The van der Waals surface area contributed by atoms with E-state index in [4.69, 9.17) is 14.2 Å². The number of aliphatic hydroxyl groups excluding tert-OH is 4. The second kappa shape index (κ2) is 8.21. The zero-order valence-corrected chi connectivity index (χ0v) is 15.8. The van der Waals surface area contributed by atoms with Gasteiger partial charge in [-0.3, -0.25) is 4.79 Å². The Morgan fingerprint density at radius 1 is 1.03 bits per heavy atom. The molecule has 0 spiro atoms. The maximum Gasteiger partial charge on any atom is 0.229 e. The van der Waals surface area contributed by atoms with E-state index in [2.05, 4.69) is 0 Å². The molecular weight excluding hydrogens is 396 g/mol. The summed E-state index contributed by atoms with van der Waals surface area (Å²) in [6.07, 6.45) is -8.00. The lowest BCUT2D eigenvalue weighted by atomic mass is 9.95. The van der Waals surface area contributed by atoms with Gasteiger partial charge in [0.1, 0.15) is 53.3 Å². The summed E-state index contributed by atoms with van der Waals surface area (Å²) in [5.41, 5.74) is 0.869. The van der Waals surface area contributed by atoms with E-state index in [1.165, 1.54) is 12.1 Å². The van der Waals surface area contributed by atoms with E-state index in [-0.39, 0.29) is 35.0 Å². The quantitative estimate of drug-likeness (QED) is 0.472. The lowest BCUT2D eigenvalue weighted by molar-refractivity contribution is -0.277. The molecular formula is C21H22O9. The summed E-state index contributed by atoms with van der Waals surface area (Å²) in [5, 5.41) is 49.4. The van der Waals surface area contributed by atoms with Gasteiger partial charge in [0.05, 0.1) is 13.0 Å². The average molecular weight is 418 g/mol. The second-order valence-electron chi connectivity index (χ2n) is 7.28. The van der Waals surface area contributed by atoms with E-state index in [0.29, 0.717) is 0 Å². The lowest BCUT2D eigenvalue weighted by Crippen LogP contribution is -2.60. The van der Waals surface area contributed by atoms with Gasteiger partial charge >= 0.3 is 0 Å². The van der Waals surface area contributed by atoms with Gasteiger partial charge in [0.15, 0.2) is 5.78 Å². The van der Waals surface area contributed by atoms with Crippen molar-refractivity contribution >= 4 is 5.78 Å². The molecule has 9 nitrogen and oxygen atoms in total. The molecule has 2 heterocycles. The minimum Gasteiger partial charge on any atom is -0.508 e. The van der Waals surface area contributed by atoms with Crippen LogP contribution in [0, 0.1) is 0 Å². The summed E-state index contributed by atoms with van der Waals surface area (Å²) in [4.78, 5) is 12.9. The molecule has 160 valence electrons. The molecule has 1 saturated heterocycles. The number of hydrogen-bond acceptors (Lipinski definition) is 9. The summed E-state index contributed by atoms with van der Waals surface area (Å²) in [7, 11) is 0. The third kappa shape index (κ3) is 3.73. The first-order chi connectivity index (χ1) is 14.4. The fourth-order valence-electron chi connectivity index (χ4n) is 3.65. The number of ketones is 1. The Kier molecular flexibility index (Phi) is 5.63. The van der Waals surface area contributed by atoms with Crippen LogP contribution < -0.4 is 9.47 Å². The molecule has 5 N–H and O–H groups in total. The van der Waals surface area contributed by atoms with Crippen molar-refractivity contribution in [2.24, 2.45) is 0 Å². The van der Waals surface area contributed by atoms with Crippen LogP contribution in [0.25, 0.3) is 0 Å². The van der Waals surface area contributed by atoms with Gasteiger partial charge in [0.25, 0.3) is 0 Å². The van der Waals surface area contributed by atoms with Crippen LogP contribution in [-0.2, 0) is 4.74 Å². The Morgan fingerprint density at radius 3 is 2.47 bits per heavy atom. The van der Waals surface area contributed by atoms with Crippen molar-refractivity contribution in [3.63, 3.8) is 0 Å². The van der Waals surface area contributed by atoms with Crippen molar-refractivity contribution in [3.05, 3.63) is 53.6 Å². The van der Waals surface area contributed by atoms with E-state index in [1.54, 1.807) is 0 Å². The van der Waals surface area contributed by atoms with Crippen LogP contribution in [0.3, 0.4) is 0 Å². The van der Waals surface area contributed by atoms with Crippen molar-refractivity contribution < 1.29 is 44.5 Å². The van der Waals surface area contributed by atoms with Gasteiger partial charge < -0.3 is 39.7 Å². The highest BCUT2D eigenvalue weighted by atomic mass is 16.7. The first-order valence-electron chi connectivity index (χ1n) is 9.48. The molecule has 2 aromatic rings. The van der Waals surface area contributed by atoms with Crippen LogP contribution in [0.4, 0.5) is 0 Å². The number of hydrogen-bond donors (Lipinski definition) is 5. The third-order valence-electron chi connectivity index (χ3n) is 5.23. The van der Waals surface area contributed by atoms with E-state index in [1.807, 2.05) is 30.3 Å². The van der Waals surface area contributed by atoms with Crippen molar-refractivity contribution in [1.29, 1.82) is 0 Å². The number of carbonyl (C=O) groups excluding carboxylic acids is 1. The number of Topliss-reactive ketones (excluding diaryl/α,β-unsaturated/α-hetero) is 1. The van der Waals surface area contributed by atoms with Gasteiger partial charge in [-0.1, -0.05) is 30.3 Å². The molecule has 30 heavy (non-hydrogen) atoms. The molecule has 0 unspecified atom stereocenters. The number of phenolic OH excluding ortho intramolecular Hbond substituents is 1. The van der Waals surface area contributed by atoms with Gasteiger partial charge in [-0.25, -0.2) is 0 Å². The topological polar surface area (TPSA) is 146 Å². The Labute approximate surface area is 171 Å². The van der Waals surface area contributed by atoms with Crippen LogP contribution in [-0.4, -0.2) is 68.6 Å². The largest absolute Gasteiger partial charge is 0.508 e. The van der Waals surface area contributed by atoms with Gasteiger partial charge in [-0.05, 0) is 5.56 Å². The van der Waals surface area contributed by atoms with E-state index >= 15 is 0 Å². The van der Waals surface area contributed by atoms with Gasteiger partial charge in [0, 0.05) is 12.1 Å². The minimum atomic E-state index is -1.66. The maximum absolute atomic E-state index is 12.9. The smallest absolute Gasteiger partial charge is 0.229 e. The minimum absolute atomic E-state index is 0.0346. The molecule has 6 atom stereocenters. The molecule has 0 aliphatic carbocycles. The number of fused-ring (bicyclic) bond motifs is 1. The zero-order chi connectivity index (χ0) is 21.4. The summed E-state index contributed by atoms with van der Waals surface area (Å²) in [6.45, 7) is -0.621. The zero-order valence-electron chi connectivity index (χ0n) is 15.8. The Morgan fingerprint density at radius 2 is 1.77 bits per heavy atom. The third-order valence-corrected chi connectivity index (χ3v) is 5.23. The predicted octanol–water partition coefficient (Wildman–Crippen LogP) is 0.277. The standard InChI is InChI=1S/C21H22O9/c22-9-16-18(25)19(26)20(27)21(30-16)29-15-7-11(23)6-14-17(15)12(24)8-13(28-14)10-4-2-1-3-5-10/h1-7,13,16,18-23,25-27H,8-9H2/t13-,16-,18+,19+,20-,21+/m1/s1. The first kappa shape index (κ1) is 20.6. The number of ether oxygens (including phenoxy) is 3. The Bertz CT molecular complexity index is 914. The number of phenols is 1. The van der Waals surface area contributed by atoms with Crippen LogP contribution >= 0.6 is 0 Å². The van der Waals surface area contributed by atoms with Crippen molar-refractivity contribution in [2.45, 2.75) is 43.2 Å². The Balaban J connectivity index is 1.63. The molecule has 0 aromatic heterocycles. The molecule has 2 aromatic carbocycles. The molecule has 0 amide bonds. The number of aromatic hydroxyl groups is 1. The first-order valence-corrected chi connectivity index (χ1v) is 9.48. The summed E-state index contributed by atoms with van der Waals surface area (Å²) in [6, 6.07) is 11.6. The van der Waals surface area contributed by atoms with E-state index in [9.17, 15) is 30.3 Å². The van der Waals surface area contributed by atoms with Gasteiger partial charge in [-0.15, -0.1) is 0 Å². The maximum atomic E-state index is 12.9. The Hall–Kier alpha value is -2.69. The lowest BCUT2D eigenvalue weighted by Gasteiger charge is -2.40. The predicted molar refractivity (Wildman–Crippen MR) is 101 cm³/mol. The highest BCUT2D eigenvalue weighted by Gasteiger charge is 2.45. The SMILES string of the molecule is O=C1C[C@H](c2ccccc2)Oc2cc(O)cc(O[C@H]3O[C@H](CO)[C@H](O)[C@H](O)[C@H]3O)c21. The van der Waals surface area contributed by atoms with Crippen molar-refractivity contribution in [3.8, 4) is 17.2 Å². The molecule has 2 aliphatic heterocycles. The summed E-state index contributed by atoms with van der Waals surface area (Å²) >= 11 is 0. The number of carbonyl (C=O) groups is 1.